The van der Waals surface area contributed by atoms with Crippen molar-refractivity contribution < 1.29 is 26.3 Å². The van der Waals surface area contributed by atoms with Crippen LogP contribution >= 0.6 is 11.8 Å². The van der Waals surface area contributed by atoms with Crippen LogP contribution in [0.15, 0.2) is 52.5 Å². The normalized spacial score (nSPS) is 17.4. The minimum atomic E-state index is -4.36. The van der Waals surface area contributed by atoms with Crippen LogP contribution in [0.25, 0.3) is 0 Å². The Balaban J connectivity index is 1.68. The van der Waals surface area contributed by atoms with E-state index in [0.717, 1.165) is 17.7 Å². The molecule has 3 rings (SSSR count). The Morgan fingerprint density at radius 1 is 1.11 bits per heavy atom. The van der Waals surface area contributed by atoms with E-state index >= 15 is 0 Å². The predicted molar refractivity (Wildman–Crippen MR) is 99.5 cm³/mol. The predicted octanol–water partition coefficient (Wildman–Crippen LogP) is 3.97. The van der Waals surface area contributed by atoms with Crippen molar-refractivity contribution in [2.75, 3.05) is 26.3 Å². The molecule has 2 heterocycles. The fourth-order valence-corrected chi connectivity index (χ4v) is 4.99. The lowest BCUT2D eigenvalue weighted by Gasteiger charge is -2.25. The molecular formula is C18H19F3N2O3S2. The van der Waals surface area contributed by atoms with Crippen molar-refractivity contribution in [2.45, 2.75) is 28.3 Å². The lowest BCUT2D eigenvalue weighted by molar-refractivity contribution is -0.137. The van der Waals surface area contributed by atoms with Crippen LogP contribution in [0.3, 0.4) is 0 Å². The summed E-state index contributed by atoms with van der Waals surface area (Å²) in [5, 5.41) is 0.449. The SMILES string of the molecule is CC(Sc1ccc(S(=O)(=O)N2CCOCC2)cn1)c1ccc(C(F)(F)F)cc1. The van der Waals surface area contributed by atoms with Gasteiger partial charge in [-0.3, -0.25) is 0 Å². The standard InChI is InChI=1S/C18H19F3N2O3S2/c1-13(14-2-4-15(5-3-14)18(19,20)21)27-17-7-6-16(12-22-17)28(24,25)23-8-10-26-11-9-23/h2-7,12-13H,8-11H2,1H3. The second-order valence-electron chi connectivity index (χ2n) is 6.23. The van der Waals surface area contributed by atoms with Gasteiger partial charge in [0.2, 0.25) is 10.0 Å². The molecule has 1 aliphatic rings. The van der Waals surface area contributed by atoms with Crippen LogP contribution in [-0.4, -0.2) is 44.0 Å². The zero-order chi connectivity index (χ0) is 20.4. The molecule has 1 aromatic carbocycles. The molecule has 1 atom stereocenters. The molecule has 0 amide bonds. The number of halogens is 3. The maximum absolute atomic E-state index is 12.7. The van der Waals surface area contributed by atoms with E-state index in [1.807, 2.05) is 6.92 Å². The molecule has 28 heavy (non-hydrogen) atoms. The van der Waals surface area contributed by atoms with E-state index < -0.39 is 21.8 Å². The molecule has 1 fully saturated rings. The molecule has 0 saturated carbocycles. The third-order valence-electron chi connectivity index (χ3n) is 4.32. The van der Waals surface area contributed by atoms with Crippen LogP contribution in [-0.2, 0) is 20.9 Å². The molecular weight excluding hydrogens is 413 g/mol. The van der Waals surface area contributed by atoms with E-state index in [1.54, 1.807) is 6.07 Å². The van der Waals surface area contributed by atoms with Crippen molar-refractivity contribution in [3.63, 3.8) is 0 Å². The van der Waals surface area contributed by atoms with Crippen molar-refractivity contribution in [3.05, 3.63) is 53.7 Å². The number of aromatic nitrogens is 1. The Bertz CT molecular complexity index is 895. The van der Waals surface area contributed by atoms with Crippen LogP contribution in [0, 0.1) is 0 Å². The minimum absolute atomic E-state index is 0.112. The first-order valence-electron chi connectivity index (χ1n) is 8.56. The maximum atomic E-state index is 12.7. The van der Waals surface area contributed by atoms with E-state index in [0.29, 0.717) is 31.3 Å². The van der Waals surface area contributed by atoms with E-state index in [1.165, 1.54) is 40.5 Å². The number of hydrogen-bond acceptors (Lipinski definition) is 5. The van der Waals surface area contributed by atoms with Crippen molar-refractivity contribution >= 4 is 21.8 Å². The summed E-state index contributed by atoms with van der Waals surface area (Å²) in [6.45, 7) is 3.21. The molecule has 2 aromatic rings. The Morgan fingerprint density at radius 3 is 2.29 bits per heavy atom. The van der Waals surface area contributed by atoms with E-state index in [4.69, 9.17) is 4.74 Å². The quantitative estimate of drug-likeness (QED) is 0.669. The Kier molecular flexibility index (Phi) is 6.33. The minimum Gasteiger partial charge on any atom is -0.379 e. The molecule has 1 unspecified atom stereocenters. The lowest BCUT2D eigenvalue weighted by atomic mass is 10.1. The van der Waals surface area contributed by atoms with Gasteiger partial charge >= 0.3 is 6.18 Å². The third-order valence-corrected chi connectivity index (χ3v) is 7.31. The smallest absolute Gasteiger partial charge is 0.379 e. The number of thioether (sulfide) groups is 1. The molecule has 0 aliphatic carbocycles. The molecule has 1 aromatic heterocycles. The summed E-state index contributed by atoms with van der Waals surface area (Å²) in [4.78, 5) is 4.32. The Labute approximate surface area is 166 Å². The summed E-state index contributed by atoms with van der Waals surface area (Å²) in [5.74, 6) is 0. The molecule has 10 heteroatoms. The number of alkyl halides is 3. The second kappa shape index (κ2) is 8.40. The van der Waals surface area contributed by atoms with Crippen molar-refractivity contribution in [2.24, 2.45) is 0 Å². The van der Waals surface area contributed by atoms with Gasteiger partial charge in [-0.05, 0) is 36.8 Å². The van der Waals surface area contributed by atoms with Gasteiger partial charge in [-0.1, -0.05) is 23.9 Å². The van der Waals surface area contributed by atoms with Crippen molar-refractivity contribution in [1.82, 2.24) is 9.29 Å². The number of ether oxygens (including phenoxy) is 1. The second-order valence-corrected chi connectivity index (χ2v) is 9.53. The number of nitrogens with zero attached hydrogens (tertiary/aromatic N) is 2. The van der Waals surface area contributed by atoms with Crippen molar-refractivity contribution in [3.8, 4) is 0 Å². The van der Waals surface area contributed by atoms with Crippen LogP contribution in [0.1, 0.15) is 23.3 Å². The van der Waals surface area contributed by atoms with Crippen LogP contribution in [0.5, 0.6) is 0 Å². The highest BCUT2D eigenvalue weighted by Crippen LogP contribution is 2.36. The van der Waals surface area contributed by atoms with Gasteiger partial charge in [0.1, 0.15) is 4.90 Å². The molecule has 0 N–H and O–H groups in total. The third kappa shape index (κ3) is 4.86. The Morgan fingerprint density at radius 2 is 1.75 bits per heavy atom. The van der Waals surface area contributed by atoms with Crippen molar-refractivity contribution in [1.29, 1.82) is 0 Å². The van der Waals surface area contributed by atoms with Gasteiger partial charge in [0.15, 0.2) is 0 Å². The van der Waals surface area contributed by atoms with Crippen LogP contribution < -0.4 is 0 Å². The molecule has 152 valence electrons. The first-order valence-corrected chi connectivity index (χ1v) is 10.9. The van der Waals surface area contributed by atoms with E-state index in [-0.39, 0.29) is 10.1 Å². The topological polar surface area (TPSA) is 59.5 Å². The van der Waals surface area contributed by atoms with E-state index in [9.17, 15) is 21.6 Å². The van der Waals surface area contributed by atoms with Gasteiger partial charge in [-0.15, -0.1) is 0 Å². The number of hydrogen-bond donors (Lipinski definition) is 0. The molecule has 5 nitrogen and oxygen atoms in total. The lowest BCUT2D eigenvalue weighted by Crippen LogP contribution is -2.40. The number of morpholine rings is 1. The summed E-state index contributed by atoms with van der Waals surface area (Å²) in [5.41, 5.74) is 0.0362. The molecule has 0 bridgehead atoms. The number of pyridine rings is 1. The largest absolute Gasteiger partial charge is 0.416 e. The number of benzene rings is 1. The van der Waals surface area contributed by atoms with Crippen LogP contribution in [0.2, 0.25) is 0 Å². The molecule has 1 saturated heterocycles. The summed E-state index contributed by atoms with van der Waals surface area (Å²) in [7, 11) is -3.60. The van der Waals surface area contributed by atoms with Gasteiger partial charge < -0.3 is 4.74 Å². The number of rotatable bonds is 5. The zero-order valence-electron chi connectivity index (χ0n) is 15.0. The van der Waals surface area contributed by atoms with E-state index in [2.05, 4.69) is 4.98 Å². The highest BCUT2D eigenvalue weighted by Gasteiger charge is 2.30. The summed E-state index contributed by atoms with van der Waals surface area (Å²) in [6.07, 6.45) is -3.05. The fraction of sp³-hybridized carbons (Fsp3) is 0.389. The molecule has 0 spiro atoms. The summed E-state index contributed by atoms with van der Waals surface area (Å²) in [6, 6.07) is 8.10. The van der Waals surface area contributed by atoms with Gasteiger partial charge in [-0.25, -0.2) is 13.4 Å². The highest BCUT2D eigenvalue weighted by molar-refractivity contribution is 7.99. The summed E-state index contributed by atoms with van der Waals surface area (Å²) < 4.78 is 69.7. The van der Waals surface area contributed by atoms with Gasteiger partial charge in [-0.2, -0.15) is 17.5 Å². The molecule has 0 radical (unpaired) electrons. The monoisotopic (exact) mass is 432 g/mol. The van der Waals surface area contributed by atoms with Gasteiger partial charge in [0.05, 0.1) is 23.8 Å². The zero-order valence-corrected chi connectivity index (χ0v) is 16.6. The average Bonchev–Trinajstić information content (AvgIpc) is 2.68. The first-order chi connectivity index (χ1) is 13.2. The van der Waals surface area contributed by atoms with Crippen LogP contribution in [0.4, 0.5) is 13.2 Å². The summed E-state index contributed by atoms with van der Waals surface area (Å²) >= 11 is 1.34. The fourth-order valence-electron chi connectivity index (χ4n) is 2.72. The van der Waals surface area contributed by atoms with Gasteiger partial charge in [0.25, 0.3) is 0 Å². The molecule has 1 aliphatic heterocycles. The maximum Gasteiger partial charge on any atom is 0.416 e. The number of sulfonamides is 1. The highest BCUT2D eigenvalue weighted by atomic mass is 32.2. The Hall–Kier alpha value is -1.62. The first kappa shape index (κ1) is 21.1. The average molecular weight is 432 g/mol. The van der Waals surface area contributed by atoms with Gasteiger partial charge in [0, 0.05) is 24.5 Å².